The van der Waals surface area contributed by atoms with Crippen LogP contribution in [0.2, 0.25) is 5.02 Å². The van der Waals surface area contributed by atoms with Crippen molar-refractivity contribution in [2.45, 2.75) is 6.04 Å². The van der Waals surface area contributed by atoms with Gasteiger partial charge < -0.3 is 24.6 Å². The Bertz CT molecular complexity index is 562. The zero-order valence-electron chi connectivity index (χ0n) is 11.2. The van der Waals surface area contributed by atoms with Crippen molar-refractivity contribution in [1.82, 2.24) is 5.32 Å². The van der Waals surface area contributed by atoms with E-state index in [0.717, 1.165) is 0 Å². The molecule has 0 aromatic heterocycles. The normalized spacial score (nSPS) is 14.4. The largest absolute Gasteiger partial charge is 0.486 e. The van der Waals surface area contributed by atoms with Crippen LogP contribution in [0.5, 0.6) is 11.5 Å². The van der Waals surface area contributed by atoms with Crippen molar-refractivity contribution in [3.05, 3.63) is 22.7 Å². The van der Waals surface area contributed by atoms with Crippen LogP contribution in [0.4, 0.5) is 0 Å². The van der Waals surface area contributed by atoms with Gasteiger partial charge in [-0.2, -0.15) is 0 Å². The topological polar surface area (TPSA) is 94.1 Å². The highest BCUT2D eigenvalue weighted by Gasteiger charge is 2.23. The summed E-state index contributed by atoms with van der Waals surface area (Å²) in [7, 11) is 1.35. The Balaban J connectivity index is 2.19. The number of amides is 1. The first-order valence-corrected chi connectivity index (χ1v) is 6.52. The van der Waals surface area contributed by atoms with E-state index in [4.69, 9.17) is 30.9 Å². The Labute approximate surface area is 125 Å². The molecule has 7 nitrogen and oxygen atoms in total. The lowest BCUT2D eigenvalue weighted by Crippen LogP contribution is -2.43. The second kappa shape index (κ2) is 6.64. The number of halogens is 1. The Morgan fingerprint density at radius 1 is 1.43 bits per heavy atom. The molecule has 1 amide bonds. The lowest BCUT2D eigenvalue weighted by Gasteiger charge is -2.20. The minimum atomic E-state index is -1.19. The number of carbonyl (C=O) groups excluding carboxylic acids is 1. The zero-order valence-corrected chi connectivity index (χ0v) is 12.0. The average Bonchev–Trinajstić information content (AvgIpc) is 2.46. The highest BCUT2D eigenvalue weighted by Crippen LogP contribution is 2.38. The summed E-state index contributed by atoms with van der Waals surface area (Å²) in [4.78, 5) is 23.1. The summed E-state index contributed by atoms with van der Waals surface area (Å²) in [5, 5.41) is 11.6. The molecule has 21 heavy (non-hydrogen) atoms. The molecule has 0 fully saturated rings. The molecule has 1 heterocycles. The lowest BCUT2D eigenvalue weighted by atomic mass is 10.1. The van der Waals surface area contributed by atoms with Crippen molar-refractivity contribution in [3.8, 4) is 11.5 Å². The SMILES string of the molecule is COCC(NC(=O)c1cc(Cl)c2c(c1)OCCO2)C(=O)O. The lowest BCUT2D eigenvalue weighted by molar-refractivity contribution is -0.140. The number of benzene rings is 1. The number of aliphatic carboxylic acids is 1. The number of fused-ring (bicyclic) bond motifs is 1. The van der Waals surface area contributed by atoms with E-state index in [1.165, 1.54) is 19.2 Å². The molecule has 1 aliphatic rings. The predicted molar refractivity (Wildman–Crippen MR) is 73.2 cm³/mol. The van der Waals surface area contributed by atoms with E-state index in [2.05, 4.69) is 5.32 Å². The monoisotopic (exact) mass is 315 g/mol. The van der Waals surface area contributed by atoms with Crippen LogP contribution in [0.15, 0.2) is 12.1 Å². The van der Waals surface area contributed by atoms with E-state index in [1.54, 1.807) is 0 Å². The van der Waals surface area contributed by atoms with Crippen LogP contribution in [-0.4, -0.2) is 50.0 Å². The second-order valence-electron chi connectivity index (χ2n) is 4.30. The van der Waals surface area contributed by atoms with Gasteiger partial charge in [-0.05, 0) is 12.1 Å². The first kappa shape index (κ1) is 15.4. The van der Waals surface area contributed by atoms with E-state index in [0.29, 0.717) is 24.7 Å². The van der Waals surface area contributed by atoms with Crippen LogP contribution in [0, 0.1) is 0 Å². The maximum Gasteiger partial charge on any atom is 0.328 e. The van der Waals surface area contributed by atoms with Crippen LogP contribution >= 0.6 is 11.6 Å². The van der Waals surface area contributed by atoms with Gasteiger partial charge in [-0.1, -0.05) is 11.6 Å². The molecule has 1 unspecified atom stereocenters. The Hall–Kier alpha value is -1.99. The van der Waals surface area contributed by atoms with Crippen LogP contribution in [-0.2, 0) is 9.53 Å². The van der Waals surface area contributed by atoms with Gasteiger partial charge in [0.05, 0.1) is 11.6 Å². The van der Waals surface area contributed by atoms with Crippen LogP contribution < -0.4 is 14.8 Å². The van der Waals surface area contributed by atoms with E-state index < -0.39 is 17.9 Å². The number of carboxylic acids is 1. The Morgan fingerprint density at radius 2 is 2.14 bits per heavy atom. The molecule has 0 bridgehead atoms. The quantitative estimate of drug-likeness (QED) is 0.840. The molecule has 2 rings (SSSR count). The van der Waals surface area contributed by atoms with E-state index in [9.17, 15) is 9.59 Å². The molecule has 0 spiro atoms. The third-order valence-corrected chi connectivity index (χ3v) is 3.08. The van der Waals surface area contributed by atoms with Gasteiger partial charge in [0.15, 0.2) is 17.5 Å². The van der Waals surface area contributed by atoms with E-state index >= 15 is 0 Å². The number of ether oxygens (including phenoxy) is 3. The number of rotatable bonds is 5. The fourth-order valence-corrected chi connectivity index (χ4v) is 2.09. The van der Waals surface area contributed by atoms with E-state index in [-0.39, 0.29) is 17.2 Å². The number of carboxylic acid groups (broad SMARTS) is 1. The summed E-state index contributed by atoms with van der Waals surface area (Å²) < 4.78 is 15.5. The zero-order chi connectivity index (χ0) is 15.4. The minimum absolute atomic E-state index is 0.140. The molecule has 0 radical (unpaired) electrons. The van der Waals surface area contributed by atoms with Crippen molar-refractivity contribution in [2.75, 3.05) is 26.9 Å². The fraction of sp³-hybridized carbons (Fsp3) is 0.385. The standard InChI is InChI=1S/C13H14ClNO6/c1-19-6-9(13(17)18)15-12(16)7-4-8(14)11-10(5-7)20-2-3-21-11/h4-5,9H,2-3,6H2,1H3,(H,15,16)(H,17,18). The third kappa shape index (κ3) is 3.56. The van der Waals surface area contributed by atoms with Gasteiger partial charge in [-0.15, -0.1) is 0 Å². The first-order valence-electron chi connectivity index (χ1n) is 6.14. The van der Waals surface area contributed by atoms with Crippen molar-refractivity contribution in [2.24, 2.45) is 0 Å². The minimum Gasteiger partial charge on any atom is -0.486 e. The highest BCUT2D eigenvalue weighted by atomic mass is 35.5. The molecule has 2 N–H and O–H groups in total. The summed E-state index contributed by atoms with van der Waals surface area (Å²) in [6, 6.07) is 1.71. The van der Waals surface area contributed by atoms with Crippen molar-refractivity contribution in [3.63, 3.8) is 0 Å². The molecule has 1 atom stereocenters. The maximum atomic E-state index is 12.1. The molecule has 1 aromatic rings. The average molecular weight is 316 g/mol. The number of carbonyl (C=O) groups is 2. The molecule has 114 valence electrons. The van der Waals surface area contributed by atoms with Gasteiger partial charge in [-0.3, -0.25) is 4.79 Å². The van der Waals surface area contributed by atoms with Gasteiger partial charge in [0.2, 0.25) is 0 Å². The maximum absolute atomic E-state index is 12.1. The molecule has 8 heteroatoms. The summed E-state index contributed by atoms with van der Waals surface area (Å²) in [5.74, 6) is -1.03. The van der Waals surface area contributed by atoms with Crippen molar-refractivity contribution in [1.29, 1.82) is 0 Å². The van der Waals surface area contributed by atoms with Crippen LogP contribution in [0.25, 0.3) is 0 Å². The smallest absolute Gasteiger partial charge is 0.328 e. The summed E-state index contributed by atoms with van der Waals surface area (Å²) in [6.07, 6.45) is 0. The van der Waals surface area contributed by atoms with Crippen molar-refractivity contribution >= 4 is 23.5 Å². The summed E-state index contributed by atoms with van der Waals surface area (Å²) >= 11 is 6.03. The van der Waals surface area contributed by atoms with Crippen molar-refractivity contribution < 1.29 is 28.9 Å². The van der Waals surface area contributed by atoms with Gasteiger partial charge in [-0.25, -0.2) is 4.79 Å². The number of nitrogens with one attached hydrogen (secondary N) is 1. The molecule has 0 aliphatic carbocycles. The number of hydrogen-bond donors (Lipinski definition) is 2. The second-order valence-corrected chi connectivity index (χ2v) is 4.71. The Morgan fingerprint density at radius 3 is 2.81 bits per heavy atom. The van der Waals surface area contributed by atoms with E-state index in [1.807, 2.05) is 0 Å². The molecule has 1 aliphatic heterocycles. The van der Waals surface area contributed by atoms with Gasteiger partial charge >= 0.3 is 5.97 Å². The molecule has 1 aromatic carbocycles. The summed E-state index contributed by atoms with van der Waals surface area (Å²) in [6.45, 7) is 0.600. The summed E-state index contributed by atoms with van der Waals surface area (Å²) in [5.41, 5.74) is 0.187. The predicted octanol–water partition coefficient (Wildman–Crippen LogP) is 0.941. The third-order valence-electron chi connectivity index (χ3n) is 2.80. The van der Waals surface area contributed by atoms with Crippen LogP contribution in [0.1, 0.15) is 10.4 Å². The fourth-order valence-electron chi connectivity index (χ4n) is 1.82. The van der Waals surface area contributed by atoms with Crippen LogP contribution in [0.3, 0.4) is 0 Å². The molecular formula is C13H14ClNO6. The highest BCUT2D eigenvalue weighted by molar-refractivity contribution is 6.32. The first-order chi connectivity index (χ1) is 10.0. The van der Waals surface area contributed by atoms with Gasteiger partial charge in [0.25, 0.3) is 5.91 Å². The van der Waals surface area contributed by atoms with Gasteiger partial charge in [0, 0.05) is 12.7 Å². The molecule has 0 saturated heterocycles. The number of hydrogen-bond acceptors (Lipinski definition) is 5. The van der Waals surface area contributed by atoms with Gasteiger partial charge in [0.1, 0.15) is 13.2 Å². The number of methoxy groups -OCH3 is 1. The molecular weight excluding hydrogens is 302 g/mol. The molecule has 0 saturated carbocycles. The Kier molecular flexibility index (Phi) is 4.87.